The van der Waals surface area contributed by atoms with E-state index in [1.165, 1.54) is 13.2 Å². The van der Waals surface area contributed by atoms with Gasteiger partial charge in [0, 0.05) is 6.04 Å². The van der Waals surface area contributed by atoms with Gasteiger partial charge in [0.25, 0.3) is 5.69 Å². The van der Waals surface area contributed by atoms with E-state index >= 15 is 0 Å². The predicted molar refractivity (Wildman–Crippen MR) is 63.0 cm³/mol. The first-order chi connectivity index (χ1) is 7.58. The molecule has 0 saturated carbocycles. The highest BCUT2D eigenvalue weighted by Crippen LogP contribution is 2.29. The monoisotopic (exact) mass is 224 g/mol. The van der Waals surface area contributed by atoms with Crippen molar-refractivity contribution in [1.82, 2.24) is 0 Å². The molecule has 5 nitrogen and oxygen atoms in total. The highest BCUT2D eigenvalue weighted by Gasteiger charge is 2.15. The molecule has 1 rings (SSSR count). The quantitative estimate of drug-likeness (QED) is 0.617. The van der Waals surface area contributed by atoms with Crippen LogP contribution in [-0.2, 0) is 0 Å². The van der Waals surface area contributed by atoms with E-state index in [9.17, 15) is 10.1 Å². The maximum atomic E-state index is 10.9. The van der Waals surface area contributed by atoms with Gasteiger partial charge in [0.05, 0.1) is 18.1 Å². The second kappa shape index (κ2) is 5.34. The van der Waals surface area contributed by atoms with Gasteiger partial charge in [0.2, 0.25) is 0 Å². The summed E-state index contributed by atoms with van der Waals surface area (Å²) >= 11 is 0. The van der Waals surface area contributed by atoms with E-state index in [4.69, 9.17) is 4.74 Å². The van der Waals surface area contributed by atoms with Crippen LogP contribution < -0.4 is 10.1 Å². The number of nitrogens with zero attached hydrogens (tertiary/aromatic N) is 1. The van der Waals surface area contributed by atoms with Crippen molar-refractivity contribution in [3.63, 3.8) is 0 Å². The summed E-state index contributed by atoms with van der Waals surface area (Å²) in [5.41, 5.74) is 0.569. The van der Waals surface area contributed by atoms with E-state index in [2.05, 4.69) is 5.32 Å². The summed E-state index contributed by atoms with van der Waals surface area (Å²) in [4.78, 5) is 10.5. The Morgan fingerprint density at radius 2 is 2.25 bits per heavy atom. The van der Waals surface area contributed by atoms with Gasteiger partial charge in [0.15, 0.2) is 0 Å². The van der Waals surface area contributed by atoms with Crippen molar-refractivity contribution in [1.29, 1.82) is 0 Å². The molecule has 0 aliphatic carbocycles. The minimum atomic E-state index is -0.409. The van der Waals surface area contributed by atoms with Crippen LogP contribution in [0.2, 0.25) is 0 Å². The number of nitro groups is 1. The summed E-state index contributed by atoms with van der Waals surface area (Å²) in [6.07, 6.45) is 0.906. The first kappa shape index (κ1) is 12.3. The highest BCUT2D eigenvalue weighted by molar-refractivity contribution is 5.64. The van der Waals surface area contributed by atoms with Gasteiger partial charge in [-0.15, -0.1) is 0 Å². The highest BCUT2D eigenvalue weighted by atomic mass is 16.6. The second-order valence-electron chi connectivity index (χ2n) is 3.59. The summed E-state index contributed by atoms with van der Waals surface area (Å²) in [7, 11) is 1.49. The Morgan fingerprint density at radius 3 is 2.75 bits per heavy atom. The third-order valence-corrected chi connectivity index (χ3v) is 2.42. The Morgan fingerprint density at radius 1 is 1.56 bits per heavy atom. The van der Waals surface area contributed by atoms with Crippen molar-refractivity contribution in [2.75, 3.05) is 12.4 Å². The van der Waals surface area contributed by atoms with Crippen molar-refractivity contribution in [3.05, 3.63) is 28.3 Å². The van der Waals surface area contributed by atoms with E-state index < -0.39 is 4.92 Å². The molecule has 0 bridgehead atoms. The lowest BCUT2D eigenvalue weighted by molar-refractivity contribution is -0.384. The molecule has 5 heteroatoms. The second-order valence-corrected chi connectivity index (χ2v) is 3.59. The van der Waals surface area contributed by atoms with Crippen molar-refractivity contribution < 1.29 is 9.66 Å². The molecule has 0 saturated heterocycles. The summed E-state index contributed by atoms with van der Waals surface area (Å²) < 4.78 is 4.96. The van der Waals surface area contributed by atoms with Gasteiger partial charge in [-0.1, -0.05) is 6.92 Å². The first-order valence-corrected chi connectivity index (χ1v) is 5.17. The minimum Gasteiger partial charge on any atom is -0.496 e. The normalized spacial score (nSPS) is 11.9. The number of nitro benzene ring substituents is 1. The Hall–Kier alpha value is -1.78. The minimum absolute atomic E-state index is 0.0413. The number of methoxy groups -OCH3 is 1. The van der Waals surface area contributed by atoms with Crippen molar-refractivity contribution in [2.45, 2.75) is 26.3 Å². The van der Waals surface area contributed by atoms with Gasteiger partial charge in [-0.05, 0) is 25.5 Å². The average Bonchev–Trinajstić information content (AvgIpc) is 2.29. The molecule has 0 amide bonds. The number of nitrogens with one attached hydrogen (secondary N) is 1. The summed E-state index contributed by atoms with van der Waals surface area (Å²) in [5.74, 6) is 0.487. The van der Waals surface area contributed by atoms with Crippen molar-refractivity contribution >= 4 is 11.4 Å². The molecule has 0 fully saturated rings. The van der Waals surface area contributed by atoms with Crippen molar-refractivity contribution in [3.8, 4) is 5.75 Å². The van der Waals surface area contributed by atoms with E-state index in [0.29, 0.717) is 11.4 Å². The Labute approximate surface area is 94.6 Å². The molecule has 16 heavy (non-hydrogen) atoms. The number of hydrogen-bond acceptors (Lipinski definition) is 4. The average molecular weight is 224 g/mol. The van der Waals surface area contributed by atoms with E-state index in [-0.39, 0.29) is 11.7 Å². The molecule has 0 radical (unpaired) electrons. The fourth-order valence-electron chi connectivity index (χ4n) is 1.28. The maximum absolute atomic E-state index is 10.9. The summed E-state index contributed by atoms with van der Waals surface area (Å²) in [6, 6.07) is 5.00. The molecule has 1 aromatic rings. The summed E-state index contributed by atoms with van der Waals surface area (Å²) in [5, 5.41) is 14.0. The van der Waals surface area contributed by atoms with Crippen LogP contribution >= 0.6 is 0 Å². The van der Waals surface area contributed by atoms with Gasteiger partial charge in [-0.2, -0.15) is 0 Å². The van der Waals surface area contributed by atoms with E-state index in [1.807, 2.05) is 13.8 Å². The zero-order valence-corrected chi connectivity index (χ0v) is 9.69. The zero-order chi connectivity index (χ0) is 12.1. The SMILES string of the molecule is CCC(C)Nc1ccc(OC)cc1[N+](=O)[O-]. The van der Waals surface area contributed by atoms with Crippen molar-refractivity contribution in [2.24, 2.45) is 0 Å². The van der Waals surface area contributed by atoms with Crippen LogP contribution in [0, 0.1) is 10.1 Å². The molecular formula is C11H16N2O3. The molecule has 1 unspecified atom stereocenters. The summed E-state index contributed by atoms with van der Waals surface area (Å²) in [6.45, 7) is 4.00. The number of anilines is 1. The molecule has 0 aliphatic heterocycles. The molecule has 88 valence electrons. The van der Waals surface area contributed by atoms with Crippen LogP contribution in [0.25, 0.3) is 0 Å². The predicted octanol–water partition coefficient (Wildman–Crippen LogP) is 2.81. The molecule has 0 aromatic heterocycles. The number of hydrogen-bond donors (Lipinski definition) is 1. The molecule has 1 atom stereocenters. The fraction of sp³-hybridized carbons (Fsp3) is 0.455. The lowest BCUT2D eigenvalue weighted by Gasteiger charge is -2.13. The Balaban J connectivity index is 3.03. The molecule has 0 aliphatic rings. The van der Waals surface area contributed by atoms with Crippen LogP contribution in [0.3, 0.4) is 0 Å². The van der Waals surface area contributed by atoms with Gasteiger partial charge < -0.3 is 10.1 Å². The third-order valence-electron chi connectivity index (χ3n) is 2.42. The van der Waals surface area contributed by atoms with Gasteiger partial charge in [-0.25, -0.2) is 0 Å². The molecule has 0 spiro atoms. The third kappa shape index (κ3) is 2.85. The van der Waals surface area contributed by atoms with Gasteiger partial charge in [-0.3, -0.25) is 10.1 Å². The lowest BCUT2D eigenvalue weighted by Crippen LogP contribution is -2.14. The van der Waals surface area contributed by atoms with Crippen LogP contribution in [-0.4, -0.2) is 18.1 Å². The largest absolute Gasteiger partial charge is 0.496 e. The topological polar surface area (TPSA) is 64.4 Å². The van der Waals surface area contributed by atoms with Crippen LogP contribution in [0.15, 0.2) is 18.2 Å². The smallest absolute Gasteiger partial charge is 0.296 e. The Kier molecular flexibility index (Phi) is 4.10. The molecule has 1 aromatic carbocycles. The van der Waals surface area contributed by atoms with Gasteiger partial charge in [0.1, 0.15) is 11.4 Å². The lowest BCUT2D eigenvalue weighted by atomic mass is 10.2. The molecular weight excluding hydrogens is 208 g/mol. The van der Waals surface area contributed by atoms with E-state index in [1.54, 1.807) is 12.1 Å². The van der Waals surface area contributed by atoms with E-state index in [0.717, 1.165) is 6.42 Å². The Bertz CT molecular complexity index is 379. The molecule has 1 N–H and O–H groups in total. The van der Waals surface area contributed by atoms with Gasteiger partial charge >= 0.3 is 0 Å². The number of ether oxygens (including phenoxy) is 1. The number of rotatable bonds is 5. The van der Waals surface area contributed by atoms with Crippen LogP contribution in [0.4, 0.5) is 11.4 Å². The van der Waals surface area contributed by atoms with Crippen LogP contribution in [0.5, 0.6) is 5.75 Å². The molecule has 0 heterocycles. The van der Waals surface area contributed by atoms with Crippen LogP contribution in [0.1, 0.15) is 20.3 Å². The zero-order valence-electron chi connectivity index (χ0n) is 9.69. The number of benzene rings is 1. The first-order valence-electron chi connectivity index (χ1n) is 5.17. The fourth-order valence-corrected chi connectivity index (χ4v) is 1.28. The standard InChI is InChI=1S/C11H16N2O3/c1-4-8(2)12-10-6-5-9(16-3)7-11(10)13(14)15/h5-8,12H,4H2,1-3H3. The maximum Gasteiger partial charge on any atom is 0.296 e.